The molecule has 2 aromatic heterocycles. The zero-order valence-electron chi connectivity index (χ0n) is 16.9. The molecule has 5 rings (SSSR count). The predicted octanol–water partition coefficient (Wildman–Crippen LogP) is 5.59. The van der Waals surface area contributed by atoms with E-state index in [-0.39, 0.29) is 11.7 Å². The number of aliphatic hydroxyl groups excluding tert-OH is 1. The molecule has 4 aromatic rings. The van der Waals surface area contributed by atoms with Crippen molar-refractivity contribution in [1.82, 2.24) is 9.38 Å². The van der Waals surface area contributed by atoms with E-state index in [0.717, 1.165) is 16.8 Å². The number of aromatic nitrogens is 2. The van der Waals surface area contributed by atoms with Crippen LogP contribution in [0.3, 0.4) is 0 Å². The molecule has 7 heteroatoms. The highest BCUT2D eigenvalue weighted by atomic mass is 32.3. The van der Waals surface area contributed by atoms with E-state index in [0.29, 0.717) is 28.9 Å². The Morgan fingerprint density at radius 3 is 2.48 bits per heavy atom. The van der Waals surface area contributed by atoms with E-state index in [2.05, 4.69) is 4.98 Å². The maximum Gasteiger partial charge on any atom is 0.140 e. The summed E-state index contributed by atoms with van der Waals surface area (Å²) in [5.41, 5.74) is 4.96. The number of pyridine rings is 1. The van der Waals surface area contributed by atoms with Crippen LogP contribution in [-0.2, 0) is 5.75 Å². The lowest BCUT2D eigenvalue weighted by atomic mass is 9.96. The minimum atomic E-state index is -2.64. The molecule has 1 aliphatic carbocycles. The number of benzene rings is 2. The molecule has 0 fully saturated rings. The SMILES string of the molecule is CS(O)(O)Cc1ccc(-c2cn3c4c(nc3cc2F)[C@H](O)C[C@@H]4c2ccccc2)cc1. The number of nitrogens with zero attached hydrogens (tertiary/aromatic N) is 2. The number of hydrogen-bond acceptors (Lipinski definition) is 4. The molecule has 0 bridgehead atoms. The summed E-state index contributed by atoms with van der Waals surface area (Å²) < 4.78 is 36.2. The van der Waals surface area contributed by atoms with Crippen molar-refractivity contribution in [3.63, 3.8) is 0 Å². The Bertz CT molecular complexity index is 1250. The van der Waals surface area contributed by atoms with Crippen LogP contribution < -0.4 is 0 Å². The van der Waals surface area contributed by atoms with E-state index in [4.69, 9.17) is 0 Å². The Kier molecular flexibility index (Phi) is 4.86. The van der Waals surface area contributed by atoms with E-state index in [9.17, 15) is 18.6 Å². The number of fused-ring (bicyclic) bond motifs is 3. The van der Waals surface area contributed by atoms with Gasteiger partial charge in [-0.1, -0.05) is 54.6 Å². The summed E-state index contributed by atoms with van der Waals surface area (Å²) in [5, 5.41) is 10.6. The molecule has 0 aliphatic heterocycles. The van der Waals surface area contributed by atoms with Gasteiger partial charge in [-0.15, -0.1) is 0 Å². The second-order valence-electron chi connectivity index (χ2n) is 8.20. The molecule has 0 unspecified atom stereocenters. The smallest absolute Gasteiger partial charge is 0.140 e. The summed E-state index contributed by atoms with van der Waals surface area (Å²) in [6.07, 6.45) is 3.02. The second-order valence-corrected chi connectivity index (χ2v) is 10.5. The number of imidazole rings is 1. The molecular formula is C24H23FN2O3S. The van der Waals surface area contributed by atoms with Crippen LogP contribution >= 0.6 is 10.6 Å². The molecule has 2 aromatic carbocycles. The Hall–Kier alpha value is -2.71. The normalized spacial score (nSPS) is 19.0. The fourth-order valence-electron chi connectivity index (χ4n) is 4.43. The summed E-state index contributed by atoms with van der Waals surface area (Å²) in [4.78, 5) is 4.52. The van der Waals surface area contributed by atoms with Gasteiger partial charge in [0.2, 0.25) is 0 Å². The third kappa shape index (κ3) is 3.74. The Balaban J connectivity index is 1.60. The molecule has 3 N–H and O–H groups in total. The number of rotatable bonds is 4. The first-order valence-corrected chi connectivity index (χ1v) is 12.2. The third-order valence-corrected chi connectivity index (χ3v) is 6.67. The minimum Gasteiger partial charge on any atom is -0.387 e. The van der Waals surface area contributed by atoms with Gasteiger partial charge in [-0.25, -0.2) is 9.37 Å². The van der Waals surface area contributed by atoms with Gasteiger partial charge >= 0.3 is 0 Å². The van der Waals surface area contributed by atoms with Gasteiger partial charge in [0.25, 0.3) is 0 Å². The Morgan fingerprint density at radius 2 is 1.81 bits per heavy atom. The quantitative estimate of drug-likeness (QED) is 0.388. The molecule has 0 amide bonds. The first kappa shape index (κ1) is 20.2. The Labute approximate surface area is 181 Å². The predicted molar refractivity (Wildman–Crippen MR) is 121 cm³/mol. The lowest BCUT2D eigenvalue weighted by Gasteiger charge is -2.26. The van der Waals surface area contributed by atoms with Crippen LogP contribution in [0.15, 0.2) is 66.9 Å². The van der Waals surface area contributed by atoms with Crippen LogP contribution in [0, 0.1) is 5.82 Å². The van der Waals surface area contributed by atoms with Gasteiger partial charge in [-0.2, -0.15) is 10.6 Å². The average molecular weight is 439 g/mol. The van der Waals surface area contributed by atoms with Crippen LogP contribution in [0.4, 0.5) is 4.39 Å². The van der Waals surface area contributed by atoms with Gasteiger partial charge in [-0.3, -0.25) is 9.11 Å². The van der Waals surface area contributed by atoms with Crippen LogP contribution in [0.2, 0.25) is 0 Å². The van der Waals surface area contributed by atoms with Gasteiger partial charge in [0.1, 0.15) is 11.5 Å². The molecule has 0 saturated carbocycles. The summed E-state index contributed by atoms with van der Waals surface area (Å²) in [5.74, 6) is -0.244. The van der Waals surface area contributed by atoms with Crippen molar-refractivity contribution in [2.75, 3.05) is 6.26 Å². The van der Waals surface area contributed by atoms with Gasteiger partial charge in [-0.05, 0) is 23.1 Å². The van der Waals surface area contributed by atoms with Crippen molar-refractivity contribution < 1.29 is 18.6 Å². The van der Waals surface area contributed by atoms with E-state index in [1.165, 1.54) is 12.3 Å². The number of aliphatic hydroxyl groups is 1. The van der Waals surface area contributed by atoms with Crippen LogP contribution in [0.25, 0.3) is 16.8 Å². The summed E-state index contributed by atoms with van der Waals surface area (Å²) in [6.45, 7) is 0. The maximum absolute atomic E-state index is 15.0. The summed E-state index contributed by atoms with van der Waals surface area (Å²) >= 11 is 0. The van der Waals surface area contributed by atoms with Crippen LogP contribution in [0.1, 0.15) is 41.0 Å². The van der Waals surface area contributed by atoms with Crippen LogP contribution in [0.5, 0.6) is 0 Å². The van der Waals surface area contributed by atoms with Crippen molar-refractivity contribution >= 4 is 16.2 Å². The first-order chi connectivity index (χ1) is 14.8. The molecule has 0 spiro atoms. The van der Waals surface area contributed by atoms with Gasteiger partial charge in [0, 0.05) is 30.0 Å². The van der Waals surface area contributed by atoms with E-state index >= 15 is 0 Å². The van der Waals surface area contributed by atoms with Crippen LogP contribution in [-0.4, -0.2) is 29.9 Å². The molecule has 1 aliphatic rings. The fourth-order valence-corrected chi connectivity index (χ4v) is 5.25. The van der Waals surface area contributed by atoms with Crippen molar-refractivity contribution in [1.29, 1.82) is 0 Å². The maximum atomic E-state index is 15.0. The molecule has 0 radical (unpaired) electrons. The molecule has 2 heterocycles. The summed E-state index contributed by atoms with van der Waals surface area (Å²) in [6, 6.07) is 18.5. The number of hydrogen-bond donors (Lipinski definition) is 3. The molecule has 0 saturated heterocycles. The third-order valence-electron chi connectivity index (χ3n) is 5.79. The monoisotopic (exact) mass is 438 g/mol. The van der Waals surface area contributed by atoms with Crippen molar-refractivity contribution in [3.8, 4) is 11.1 Å². The van der Waals surface area contributed by atoms with E-state index < -0.39 is 22.5 Å². The van der Waals surface area contributed by atoms with Gasteiger partial charge < -0.3 is 9.51 Å². The van der Waals surface area contributed by atoms with Crippen molar-refractivity contribution in [2.45, 2.75) is 24.2 Å². The highest BCUT2D eigenvalue weighted by molar-refractivity contribution is 8.23. The molecule has 5 nitrogen and oxygen atoms in total. The van der Waals surface area contributed by atoms with Gasteiger partial charge in [0.05, 0.1) is 23.2 Å². The molecule has 31 heavy (non-hydrogen) atoms. The topological polar surface area (TPSA) is 78.0 Å². The lowest BCUT2D eigenvalue weighted by molar-refractivity contribution is 0.172. The summed E-state index contributed by atoms with van der Waals surface area (Å²) in [7, 11) is -2.64. The lowest BCUT2D eigenvalue weighted by Crippen LogP contribution is -2.03. The second kappa shape index (κ2) is 7.46. The molecular weight excluding hydrogens is 415 g/mol. The van der Waals surface area contributed by atoms with E-state index in [1.54, 1.807) is 30.5 Å². The van der Waals surface area contributed by atoms with Gasteiger partial charge in [0.15, 0.2) is 0 Å². The zero-order valence-corrected chi connectivity index (χ0v) is 17.8. The van der Waals surface area contributed by atoms with E-state index in [1.807, 2.05) is 34.7 Å². The molecule has 160 valence electrons. The molecule has 2 atom stereocenters. The standard InChI is InChI=1S/C24H23FN2O3S/c1-31(29,30)14-15-7-9-17(10-8-15)19-13-27-22(12-20(19)25)26-23-21(28)11-18(24(23)27)16-5-3-2-4-6-16/h2-10,12-13,18,21,28-30H,11,14H2,1H3/t18-,21-/m1/s1. The highest BCUT2D eigenvalue weighted by Gasteiger charge is 2.35. The fraction of sp³-hybridized carbons (Fsp3) is 0.208. The Morgan fingerprint density at radius 1 is 1.10 bits per heavy atom. The average Bonchev–Trinajstić information content (AvgIpc) is 3.24. The highest BCUT2D eigenvalue weighted by Crippen LogP contribution is 2.44. The minimum absolute atomic E-state index is 0.0170. The van der Waals surface area contributed by atoms with Crippen molar-refractivity contribution in [3.05, 3.63) is 95.2 Å². The zero-order chi connectivity index (χ0) is 21.8. The first-order valence-electron chi connectivity index (χ1n) is 10.0. The largest absolute Gasteiger partial charge is 0.387 e. The number of halogens is 1. The van der Waals surface area contributed by atoms with Crippen molar-refractivity contribution in [2.24, 2.45) is 0 Å².